The Balaban J connectivity index is 2.58. The molecule has 84 valence electrons. The fourth-order valence-electron chi connectivity index (χ4n) is 1.60. The number of nitrogens with zero attached hydrogens (tertiary/aromatic N) is 4. The summed E-state index contributed by atoms with van der Waals surface area (Å²) in [5.41, 5.74) is 1.89. The molecule has 1 unspecified atom stereocenters. The Morgan fingerprint density at radius 3 is 2.94 bits per heavy atom. The third kappa shape index (κ3) is 2.23. The third-order valence-electron chi connectivity index (χ3n) is 2.56. The molecule has 0 saturated carbocycles. The van der Waals surface area contributed by atoms with E-state index in [0.717, 1.165) is 11.2 Å². The molecule has 0 N–H and O–H groups in total. The van der Waals surface area contributed by atoms with Crippen molar-refractivity contribution in [3.05, 3.63) is 42.8 Å². The first-order chi connectivity index (χ1) is 8.26. The molecule has 1 aliphatic rings. The second kappa shape index (κ2) is 4.87. The number of tetrazole rings is 1. The number of hydrogen-bond acceptors (Lipinski definition) is 3. The molecule has 0 fully saturated rings. The second-order valence-electron chi connectivity index (χ2n) is 3.78. The van der Waals surface area contributed by atoms with E-state index in [1.807, 2.05) is 13.0 Å². The minimum absolute atomic E-state index is 0.381. The Morgan fingerprint density at radius 1 is 1.41 bits per heavy atom. The molecule has 0 bridgehead atoms. The van der Waals surface area contributed by atoms with Crippen LogP contribution in [0.3, 0.4) is 0 Å². The fraction of sp³-hybridized carbons (Fsp3) is 0.167. The summed E-state index contributed by atoms with van der Waals surface area (Å²) in [5, 5.41) is 11.5. The van der Waals surface area contributed by atoms with Gasteiger partial charge >= 0.3 is 100 Å². The van der Waals surface area contributed by atoms with Crippen molar-refractivity contribution in [2.24, 2.45) is 5.92 Å². The van der Waals surface area contributed by atoms with Gasteiger partial charge in [-0.1, -0.05) is 0 Å². The standard InChI is InChI=1S/C12H13BN4/c1-4-10-7-6-9(3)8-13-12(10)17-11(5-2)14-15-16-17/h4-9H,1-2H2,3H3. The van der Waals surface area contributed by atoms with Crippen LogP contribution in [0.1, 0.15) is 12.7 Å². The van der Waals surface area contributed by atoms with E-state index in [1.54, 1.807) is 16.8 Å². The summed E-state index contributed by atoms with van der Waals surface area (Å²) < 4.78 is 1.66. The average molecular weight is 224 g/mol. The summed E-state index contributed by atoms with van der Waals surface area (Å²) in [6.07, 6.45) is 7.56. The van der Waals surface area contributed by atoms with Crippen molar-refractivity contribution < 1.29 is 0 Å². The first kappa shape index (κ1) is 11.5. The molecule has 0 aliphatic carbocycles. The Hall–Kier alpha value is -2.04. The summed E-state index contributed by atoms with van der Waals surface area (Å²) in [5.74, 6) is 3.09. The van der Waals surface area contributed by atoms with Gasteiger partial charge < -0.3 is 0 Å². The second-order valence-corrected chi connectivity index (χ2v) is 3.78. The molecule has 2 heterocycles. The van der Waals surface area contributed by atoms with Crippen LogP contribution < -0.4 is 0 Å². The monoisotopic (exact) mass is 224 g/mol. The van der Waals surface area contributed by atoms with Crippen LogP contribution in [0.15, 0.2) is 37.0 Å². The van der Waals surface area contributed by atoms with Gasteiger partial charge in [-0.2, -0.15) is 0 Å². The van der Waals surface area contributed by atoms with E-state index in [9.17, 15) is 0 Å². The van der Waals surface area contributed by atoms with Gasteiger partial charge in [0, 0.05) is 0 Å². The average Bonchev–Trinajstić information content (AvgIpc) is 2.73. The van der Waals surface area contributed by atoms with Crippen LogP contribution in [-0.2, 0) is 0 Å². The van der Waals surface area contributed by atoms with Crippen LogP contribution in [-0.4, -0.2) is 33.1 Å². The Morgan fingerprint density at radius 2 is 2.24 bits per heavy atom. The van der Waals surface area contributed by atoms with E-state index < -0.39 is 0 Å². The van der Waals surface area contributed by atoms with Crippen LogP contribution in [0.2, 0.25) is 0 Å². The molecule has 0 radical (unpaired) electrons. The molecule has 0 aromatic carbocycles. The molecule has 0 spiro atoms. The van der Waals surface area contributed by atoms with E-state index >= 15 is 0 Å². The molecule has 1 aromatic heterocycles. The van der Waals surface area contributed by atoms with Crippen LogP contribution in [0.5, 0.6) is 0 Å². The zero-order chi connectivity index (χ0) is 12.3. The van der Waals surface area contributed by atoms with E-state index in [1.165, 1.54) is 0 Å². The molecule has 1 aliphatic heterocycles. The van der Waals surface area contributed by atoms with Gasteiger partial charge in [-0.3, -0.25) is 0 Å². The van der Waals surface area contributed by atoms with Gasteiger partial charge in [0.05, 0.1) is 0 Å². The molecule has 2 rings (SSSR count). The fourth-order valence-corrected chi connectivity index (χ4v) is 1.60. The SMILES string of the molecule is C=CC1=C(n2nnnc2C=C)B=CC(C)C=C1. The van der Waals surface area contributed by atoms with Gasteiger partial charge in [0.2, 0.25) is 0 Å². The van der Waals surface area contributed by atoms with Crippen LogP contribution >= 0.6 is 0 Å². The van der Waals surface area contributed by atoms with E-state index in [-0.39, 0.29) is 0 Å². The molecule has 1 atom stereocenters. The summed E-state index contributed by atoms with van der Waals surface area (Å²) in [6, 6.07) is 0. The first-order valence-electron chi connectivity index (χ1n) is 5.40. The number of hydrogen-bond donors (Lipinski definition) is 0. The van der Waals surface area contributed by atoms with Gasteiger partial charge in [-0.15, -0.1) is 0 Å². The van der Waals surface area contributed by atoms with Crippen molar-refractivity contribution >= 4 is 24.6 Å². The summed E-state index contributed by atoms with van der Waals surface area (Å²) >= 11 is 0. The summed E-state index contributed by atoms with van der Waals surface area (Å²) in [7, 11) is 0. The summed E-state index contributed by atoms with van der Waals surface area (Å²) in [6.45, 7) is 11.6. The predicted octanol–water partition coefficient (Wildman–Crippen LogP) is 1.38. The van der Waals surface area contributed by atoms with Crippen molar-refractivity contribution in [2.45, 2.75) is 6.92 Å². The van der Waals surface area contributed by atoms with Crippen molar-refractivity contribution in [3.8, 4) is 0 Å². The number of aromatic nitrogens is 4. The van der Waals surface area contributed by atoms with Crippen LogP contribution in [0.25, 0.3) is 11.7 Å². The first-order valence-corrected chi connectivity index (χ1v) is 5.40. The maximum absolute atomic E-state index is 3.97. The van der Waals surface area contributed by atoms with Gasteiger partial charge in [-0.25, -0.2) is 0 Å². The Kier molecular flexibility index (Phi) is 3.28. The van der Waals surface area contributed by atoms with Crippen molar-refractivity contribution in [2.75, 3.05) is 0 Å². The molecule has 4 nitrogen and oxygen atoms in total. The molecule has 17 heavy (non-hydrogen) atoms. The number of allylic oxidation sites excluding steroid dienone is 4. The van der Waals surface area contributed by atoms with Gasteiger partial charge in [-0.05, 0) is 0 Å². The van der Waals surface area contributed by atoms with Gasteiger partial charge in [0.1, 0.15) is 0 Å². The van der Waals surface area contributed by atoms with Gasteiger partial charge in [0.25, 0.3) is 0 Å². The number of rotatable bonds is 3. The van der Waals surface area contributed by atoms with Crippen molar-refractivity contribution in [3.63, 3.8) is 0 Å². The van der Waals surface area contributed by atoms with Crippen molar-refractivity contribution in [1.29, 1.82) is 0 Å². The third-order valence-corrected chi connectivity index (χ3v) is 2.56. The zero-order valence-electron chi connectivity index (χ0n) is 9.74. The maximum atomic E-state index is 3.97. The molecular weight excluding hydrogens is 211 g/mol. The normalized spacial score (nSPS) is 18.8. The molecule has 1 aromatic rings. The van der Waals surface area contributed by atoms with Crippen LogP contribution in [0.4, 0.5) is 0 Å². The van der Waals surface area contributed by atoms with E-state index in [2.05, 4.69) is 47.6 Å². The predicted molar refractivity (Wildman–Crippen MR) is 71.4 cm³/mol. The molecular formula is C12H13BN4. The van der Waals surface area contributed by atoms with Crippen LogP contribution in [0, 0.1) is 5.92 Å². The Labute approximate surface area is 101 Å². The van der Waals surface area contributed by atoms with E-state index in [4.69, 9.17) is 0 Å². The van der Waals surface area contributed by atoms with Gasteiger partial charge in [0.15, 0.2) is 0 Å². The topological polar surface area (TPSA) is 43.6 Å². The molecule has 0 amide bonds. The molecule has 5 heteroatoms. The molecule has 0 saturated heterocycles. The Bertz CT molecular complexity index is 536. The minimum atomic E-state index is 0.381. The van der Waals surface area contributed by atoms with E-state index in [0.29, 0.717) is 11.7 Å². The quantitative estimate of drug-likeness (QED) is 0.728. The summed E-state index contributed by atoms with van der Waals surface area (Å²) in [4.78, 5) is 0. The zero-order valence-corrected chi connectivity index (χ0v) is 9.74. The van der Waals surface area contributed by atoms with Crippen molar-refractivity contribution in [1.82, 2.24) is 20.2 Å².